The summed E-state index contributed by atoms with van der Waals surface area (Å²) in [6, 6.07) is 7.98. The molecule has 3 saturated heterocycles. The third-order valence-electron chi connectivity index (χ3n) is 9.51. The van der Waals surface area contributed by atoms with Gasteiger partial charge in [0.1, 0.15) is 0 Å². The van der Waals surface area contributed by atoms with Crippen LogP contribution in [-0.2, 0) is 14.8 Å². The first kappa shape index (κ1) is 33.7. The number of H-pyrrole nitrogens is 2. The molecule has 3 aliphatic heterocycles. The Labute approximate surface area is 284 Å². The van der Waals surface area contributed by atoms with Gasteiger partial charge in [0.2, 0.25) is 15.9 Å². The minimum absolute atomic E-state index is 0.00625. The van der Waals surface area contributed by atoms with Crippen LogP contribution in [0.25, 0.3) is 21.8 Å². The second-order valence-corrected chi connectivity index (χ2v) is 15.3. The van der Waals surface area contributed by atoms with Gasteiger partial charge in [-0.15, -0.1) is 0 Å². The Morgan fingerprint density at radius 3 is 1.91 bits per heavy atom. The number of carbonyl (C=O) groups is 1. The van der Waals surface area contributed by atoms with Gasteiger partial charge in [0, 0.05) is 104 Å². The maximum atomic E-state index is 11.7. The van der Waals surface area contributed by atoms with E-state index in [0.29, 0.717) is 43.8 Å². The van der Waals surface area contributed by atoms with Gasteiger partial charge in [-0.05, 0) is 37.1 Å². The van der Waals surface area contributed by atoms with Crippen LogP contribution in [-0.4, -0.2) is 138 Å². The number of aromatic nitrogens is 4. The number of piperazine rings is 2. The molecule has 47 heavy (non-hydrogen) atoms. The van der Waals surface area contributed by atoms with Crippen molar-refractivity contribution in [1.82, 2.24) is 34.5 Å². The maximum Gasteiger partial charge on any atom is 0.219 e. The van der Waals surface area contributed by atoms with E-state index >= 15 is 0 Å². The normalized spacial score (nSPS) is 20.5. The number of hydrogen-bond acceptors (Lipinski definition) is 9. The number of sulfonamides is 1. The quantitative estimate of drug-likeness (QED) is 0.285. The predicted molar refractivity (Wildman–Crippen MR) is 186 cm³/mol. The number of amides is 1. The molecule has 2 aromatic carbocycles. The number of aliphatic hydroxyl groups is 1. The summed E-state index contributed by atoms with van der Waals surface area (Å²) in [6.45, 7) is 8.14. The molecule has 3 aliphatic rings. The molecule has 0 aliphatic carbocycles. The number of anilines is 2. The van der Waals surface area contributed by atoms with E-state index in [9.17, 15) is 18.3 Å². The van der Waals surface area contributed by atoms with E-state index < -0.39 is 10.0 Å². The van der Waals surface area contributed by atoms with E-state index in [-0.39, 0.29) is 18.6 Å². The molecular weight excluding hydrogens is 665 g/mol. The Morgan fingerprint density at radius 1 is 0.851 bits per heavy atom. The van der Waals surface area contributed by atoms with Crippen LogP contribution in [0.3, 0.4) is 0 Å². The molecule has 5 heterocycles. The fourth-order valence-corrected chi connectivity index (χ4v) is 8.29. The van der Waals surface area contributed by atoms with E-state index in [0.717, 1.165) is 77.2 Å². The summed E-state index contributed by atoms with van der Waals surface area (Å²) < 4.78 is 24.9. The molecule has 0 bridgehead atoms. The lowest BCUT2D eigenvalue weighted by Crippen LogP contribution is -2.56. The van der Waals surface area contributed by atoms with Gasteiger partial charge in [0.15, 0.2) is 0 Å². The van der Waals surface area contributed by atoms with Gasteiger partial charge in [0.25, 0.3) is 0 Å². The summed E-state index contributed by atoms with van der Waals surface area (Å²) in [5, 5.41) is 27.1. The zero-order valence-corrected chi connectivity index (χ0v) is 28.9. The SMILES string of the molecule is CC(=O)N1CCN(c2cc(Cl)cc3[nH]ncc23)CC1CO.CS(=O)(=O)N1CCN(C2CCN(c3cc(Cl)cc4[nH]ncc34)CC2)CC1. The number of aliphatic hydroxyl groups excluding tert-OH is 1. The summed E-state index contributed by atoms with van der Waals surface area (Å²) in [4.78, 5) is 20.3. The molecule has 254 valence electrons. The van der Waals surface area contributed by atoms with Crippen molar-refractivity contribution in [3.05, 3.63) is 46.7 Å². The average molecular weight is 707 g/mol. The van der Waals surface area contributed by atoms with Gasteiger partial charge in [-0.25, -0.2) is 8.42 Å². The standard InChI is InChI=1S/C17H24ClN5O2S.C14H17ClN4O2/c1-26(24,25)23-8-6-21(7-9-23)14-2-4-22(5-3-14)17-11-13(18)10-16-15(17)12-19-20-16;1-9(21)19-3-2-18(7-11(19)8-20)14-5-10(15)4-13-12(14)6-16-17-13/h10-12,14H,2-9H2,1H3,(H,19,20);4-6,11,20H,2-3,7-8H2,1H3,(H,16,17). The number of fused-ring (bicyclic) bond motifs is 2. The number of benzene rings is 2. The zero-order chi connectivity index (χ0) is 33.3. The van der Waals surface area contributed by atoms with Crippen LogP contribution in [0.15, 0.2) is 36.7 Å². The highest BCUT2D eigenvalue weighted by Crippen LogP contribution is 2.33. The number of piperidine rings is 1. The zero-order valence-electron chi connectivity index (χ0n) is 26.6. The molecule has 4 aromatic rings. The number of halogens is 2. The highest BCUT2D eigenvalue weighted by molar-refractivity contribution is 7.88. The van der Waals surface area contributed by atoms with Crippen LogP contribution < -0.4 is 9.80 Å². The van der Waals surface area contributed by atoms with Crippen LogP contribution in [0.2, 0.25) is 10.0 Å². The van der Waals surface area contributed by atoms with E-state index in [4.69, 9.17) is 23.2 Å². The summed E-state index contributed by atoms with van der Waals surface area (Å²) in [6.07, 6.45) is 7.07. The van der Waals surface area contributed by atoms with Crippen molar-refractivity contribution in [2.45, 2.75) is 31.8 Å². The average Bonchev–Trinajstić information content (AvgIpc) is 3.73. The first-order chi connectivity index (χ1) is 22.5. The second kappa shape index (κ2) is 14.1. The van der Waals surface area contributed by atoms with Gasteiger partial charge < -0.3 is 19.8 Å². The van der Waals surface area contributed by atoms with Crippen LogP contribution in [0.1, 0.15) is 19.8 Å². The number of nitrogens with zero attached hydrogens (tertiary/aromatic N) is 7. The Morgan fingerprint density at radius 2 is 1.40 bits per heavy atom. The van der Waals surface area contributed by atoms with Crippen molar-refractivity contribution in [2.75, 3.05) is 81.6 Å². The van der Waals surface area contributed by atoms with Crippen LogP contribution in [0, 0.1) is 0 Å². The number of carbonyl (C=O) groups excluding carboxylic acids is 1. The van der Waals surface area contributed by atoms with Crippen molar-refractivity contribution in [3.8, 4) is 0 Å². The van der Waals surface area contributed by atoms with Crippen LogP contribution in [0.4, 0.5) is 11.4 Å². The van der Waals surface area contributed by atoms with Crippen molar-refractivity contribution < 1.29 is 18.3 Å². The summed E-state index contributed by atoms with van der Waals surface area (Å²) >= 11 is 12.4. The fraction of sp³-hybridized carbons (Fsp3) is 0.516. The topological polar surface area (TPSA) is 145 Å². The number of hydrogen-bond donors (Lipinski definition) is 3. The first-order valence-corrected chi connectivity index (χ1v) is 18.4. The minimum Gasteiger partial charge on any atom is -0.394 e. The Balaban J connectivity index is 0.000000168. The van der Waals surface area contributed by atoms with Gasteiger partial charge in [0.05, 0.1) is 42.3 Å². The van der Waals surface area contributed by atoms with Crippen molar-refractivity contribution in [3.63, 3.8) is 0 Å². The lowest BCUT2D eigenvalue weighted by atomic mass is 10.0. The Hall–Kier alpha value is -3.14. The largest absolute Gasteiger partial charge is 0.394 e. The Bertz CT molecular complexity index is 1820. The van der Waals surface area contributed by atoms with E-state index in [1.165, 1.54) is 13.2 Å². The maximum absolute atomic E-state index is 11.7. The van der Waals surface area contributed by atoms with Gasteiger partial charge >= 0.3 is 0 Å². The number of aromatic amines is 2. The van der Waals surface area contributed by atoms with Crippen LogP contribution in [0.5, 0.6) is 0 Å². The lowest BCUT2D eigenvalue weighted by Gasteiger charge is -2.42. The molecule has 16 heteroatoms. The molecule has 0 saturated carbocycles. The third-order valence-corrected chi connectivity index (χ3v) is 11.2. The lowest BCUT2D eigenvalue weighted by molar-refractivity contribution is -0.132. The molecule has 1 atom stereocenters. The molecule has 0 radical (unpaired) electrons. The number of rotatable bonds is 5. The summed E-state index contributed by atoms with van der Waals surface area (Å²) in [7, 11) is -3.07. The highest BCUT2D eigenvalue weighted by atomic mass is 35.5. The molecule has 13 nitrogen and oxygen atoms in total. The van der Waals surface area contributed by atoms with Gasteiger partial charge in [-0.1, -0.05) is 23.2 Å². The number of nitrogens with one attached hydrogen (secondary N) is 2. The third kappa shape index (κ3) is 7.47. The van der Waals surface area contributed by atoms with E-state index in [1.54, 1.807) is 15.4 Å². The Kier molecular flexibility index (Phi) is 10.2. The summed E-state index contributed by atoms with van der Waals surface area (Å²) in [5.74, 6) is -0.00625. The van der Waals surface area contributed by atoms with Gasteiger partial charge in [-0.3, -0.25) is 19.9 Å². The molecule has 1 unspecified atom stereocenters. The monoisotopic (exact) mass is 705 g/mol. The summed E-state index contributed by atoms with van der Waals surface area (Å²) in [5.41, 5.74) is 3.97. The highest BCUT2D eigenvalue weighted by Gasteiger charge is 2.31. The predicted octanol–water partition coefficient (Wildman–Crippen LogP) is 3.01. The van der Waals surface area contributed by atoms with E-state index in [2.05, 4.69) is 35.1 Å². The van der Waals surface area contributed by atoms with Crippen molar-refractivity contribution in [2.24, 2.45) is 0 Å². The second-order valence-electron chi connectivity index (χ2n) is 12.4. The molecule has 0 spiro atoms. The fourth-order valence-electron chi connectivity index (χ4n) is 7.04. The smallest absolute Gasteiger partial charge is 0.219 e. The molecular formula is C31H41Cl2N9O4S. The van der Waals surface area contributed by atoms with Crippen molar-refractivity contribution >= 4 is 72.3 Å². The minimum atomic E-state index is -3.07. The first-order valence-electron chi connectivity index (χ1n) is 15.8. The van der Waals surface area contributed by atoms with Gasteiger partial charge in [-0.2, -0.15) is 14.5 Å². The molecule has 7 rings (SSSR count). The molecule has 2 aromatic heterocycles. The van der Waals surface area contributed by atoms with Crippen LogP contribution >= 0.6 is 23.2 Å². The molecule has 3 fully saturated rings. The molecule has 1 amide bonds. The van der Waals surface area contributed by atoms with E-state index in [1.807, 2.05) is 30.5 Å². The molecule has 3 N–H and O–H groups in total. The van der Waals surface area contributed by atoms with Crippen molar-refractivity contribution in [1.29, 1.82) is 0 Å².